The Morgan fingerprint density at radius 2 is 2.00 bits per heavy atom. The molecule has 0 radical (unpaired) electrons. The lowest BCUT2D eigenvalue weighted by atomic mass is 10.1. The Balaban J connectivity index is 0.000000212. The molecule has 0 fully saturated rings. The second kappa shape index (κ2) is 8.64. The second-order valence-corrected chi connectivity index (χ2v) is 6.02. The molecule has 132 valence electrons. The third-order valence-corrected chi connectivity index (χ3v) is 4.14. The molecule has 0 amide bonds. The first-order chi connectivity index (χ1) is 11.9. The van der Waals surface area contributed by atoms with Gasteiger partial charge < -0.3 is 14.9 Å². The number of H-pyrrole nitrogens is 1. The Bertz CT molecular complexity index is 804. The van der Waals surface area contributed by atoms with Gasteiger partial charge in [-0.15, -0.1) is 0 Å². The molecule has 7 nitrogen and oxygen atoms in total. The highest BCUT2D eigenvalue weighted by molar-refractivity contribution is 6.35. The minimum Gasteiger partial charge on any atom is -0.548 e. The van der Waals surface area contributed by atoms with Crippen molar-refractivity contribution in [3.8, 4) is 11.1 Å². The summed E-state index contributed by atoms with van der Waals surface area (Å²) in [5.41, 5.74) is 0.838. The number of aliphatic imine (C=N–C) groups is 1. The van der Waals surface area contributed by atoms with Crippen molar-refractivity contribution in [1.82, 2.24) is 4.98 Å². The van der Waals surface area contributed by atoms with Crippen LogP contribution in [0.4, 0.5) is 5.69 Å². The Morgan fingerprint density at radius 3 is 2.48 bits per heavy atom. The van der Waals surface area contributed by atoms with Crippen LogP contribution in [0.1, 0.15) is 19.3 Å². The number of carboxylic acids is 1. The van der Waals surface area contributed by atoms with E-state index in [1.807, 2.05) is 0 Å². The lowest BCUT2D eigenvalue weighted by Crippen LogP contribution is -2.35. The first-order valence-electron chi connectivity index (χ1n) is 7.40. The molecule has 0 saturated heterocycles. The van der Waals surface area contributed by atoms with Gasteiger partial charge in [-0.25, -0.2) is 0 Å². The number of hydrogen-bond acceptors (Lipinski definition) is 5. The van der Waals surface area contributed by atoms with E-state index in [1.54, 1.807) is 30.7 Å². The van der Waals surface area contributed by atoms with Crippen LogP contribution < -0.4 is 5.11 Å². The molecule has 2 heterocycles. The van der Waals surface area contributed by atoms with Crippen LogP contribution in [0.2, 0.25) is 10.0 Å². The zero-order chi connectivity index (χ0) is 18.4. The molecule has 0 aliphatic carbocycles. The highest BCUT2D eigenvalue weighted by atomic mass is 35.5. The summed E-state index contributed by atoms with van der Waals surface area (Å²) in [6.07, 6.45) is 7.28. The lowest BCUT2D eigenvalue weighted by Gasteiger charge is -2.15. The zero-order valence-electron chi connectivity index (χ0n) is 12.9. The van der Waals surface area contributed by atoms with Crippen LogP contribution in [-0.4, -0.2) is 28.1 Å². The monoisotopic (exact) mass is 382 g/mol. The number of nitro groups is 1. The van der Waals surface area contributed by atoms with Crippen LogP contribution in [0.3, 0.4) is 0 Å². The number of para-hydroxylation sites is 1. The maximum atomic E-state index is 10.9. The van der Waals surface area contributed by atoms with E-state index < -0.39 is 16.9 Å². The third-order valence-electron chi connectivity index (χ3n) is 3.52. The van der Waals surface area contributed by atoms with Gasteiger partial charge in [-0.2, -0.15) is 0 Å². The van der Waals surface area contributed by atoms with Gasteiger partial charge in [0, 0.05) is 18.0 Å². The lowest BCUT2D eigenvalue weighted by molar-refractivity contribution is -0.384. The number of aromatic amines is 1. The Labute approximate surface area is 153 Å². The van der Waals surface area contributed by atoms with Crippen molar-refractivity contribution in [2.24, 2.45) is 4.99 Å². The fourth-order valence-electron chi connectivity index (χ4n) is 2.33. The van der Waals surface area contributed by atoms with Gasteiger partial charge in [0.25, 0.3) is 5.69 Å². The van der Waals surface area contributed by atoms with Crippen LogP contribution in [0.15, 0.2) is 35.6 Å². The van der Waals surface area contributed by atoms with E-state index in [9.17, 15) is 20.0 Å². The number of rotatable bonds is 3. The number of halogens is 2. The van der Waals surface area contributed by atoms with Gasteiger partial charge >= 0.3 is 0 Å². The molecule has 0 saturated carbocycles. The number of carbonyl (C=O) groups excluding carboxylic acids is 1. The van der Waals surface area contributed by atoms with E-state index in [1.165, 1.54) is 6.07 Å². The summed E-state index contributed by atoms with van der Waals surface area (Å²) >= 11 is 11.7. The van der Waals surface area contributed by atoms with Gasteiger partial charge in [-0.3, -0.25) is 15.1 Å². The van der Waals surface area contributed by atoms with E-state index >= 15 is 0 Å². The fraction of sp³-hybridized carbons (Fsp3) is 0.250. The van der Waals surface area contributed by atoms with Gasteiger partial charge in [-0.05, 0) is 37.6 Å². The highest BCUT2D eigenvalue weighted by Gasteiger charge is 2.21. The molecule has 1 aliphatic heterocycles. The third kappa shape index (κ3) is 4.80. The number of aromatic nitrogens is 1. The smallest absolute Gasteiger partial charge is 0.295 e. The summed E-state index contributed by atoms with van der Waals surface area (Å²) in [7, 11) is 0. The SMILES string of the molecule is O=C([O-])C1CCCC=N1.O=[N+]([O-])c1c(Cl)cccc1-c1c[nH]cc1Cl. The molecule has 1 N–H and O–H groups in total. The molecular weight excluding hydrogens is 369 g/mol. The molecule has 3 rings (SSSR count). The maximum absolute atomic E-state index is 10.9. The van der Waals surface area contributed by atoms with Crippen LogP contribution in [0.25, 0.3) is 11.1 Å². The average Bonchev–Trinajstić information content (AvgIpc) is 3.01. The Morgan fingerprint density at radius 1 is 1.24 bits per heavy atom. The summed E-state index contributed by atoms with van der Waals surface area (Å²) in [4.78, 5) is 27.1. The number of aliphatic carboxylic acids is 1. The number of carbonyl (C=O) groups is 1. The van der Waals surface area contributed by atoms with Crippen LogP contribution in [0, 0.1) is 10.1 Å². The van der Waals surface area contributed by atoms with E-state index in [0.29, 0.717) is 22.6 Å². The normalized spacial score (nSPS) is 16.0. The Hall–Kier alpha value is -2.38. The molecular formula is C16H14Cl2N3O4-. The van der Waals surface area contributed by atoms with E-state index in [0.717, 1.165) is 12.8 Å². The highest BCUT2D eigenvalue weighted by Crippen LogP contribution is 2.38. The quantitative estimate of drug-likeness (QED) is 0.648. The summed E-state index contributed by atoms with van der Waals surface area (Å²) in [5.74, 6) is -1.05. The van der Waals surface area contributed by atoms with E-state index in [4.69, 9.17) is 23.2 Å². The summed E-state index contributed by atoms with van der Waals surface area (Å²) in [6, 6.07) is 4.16. The maximum Gasteiger partial charge on any atom is 0.295 e. The molecule has 1 atom stereocenters. The topological polar surface area (TPSA) is 111 Å². The number of carboxylic acid groups (broad SMARTS) is 1. The molecule has 25 heavy (non-hydrogen) atoms. The van der Waals surface area contributed by atoms with Gasteiger partial charge in [0.15, 0.2) is 0 Å². The van der Waals surface area contributed by atoms with Gasteiger partial charge in [-0.1, -0.05) is 29.3 Å². The zero-order valence-corrected chi connectivity index (χ0v) is 14.5. The minimum atomic E-state index is -1.05. The molecule has 2 aromatic rings. The average molecular weight is 383 g/mol. The van der Waals surface area contributed by atoms with Gasteiger partial charge in [0.05, 0.1) is 27.5 Å². The standard InChI is InChI=1S/C10H6Cl2N2O2.C6H9NO2/c11-8-3-1-2-6(10(8)14(15)16)7-4-13-5-9(7)12;8-6(9)5-3-1-2-4-7-5/h1-5,13H;4-5H,1-3H2,(H,8,9)/p-1. The molecule has 1 unspecified atom stereocenters. The molecule has 1 aromatic heterocycles. The molecule has 1 aliphatic rings. The Kier molecular flexibility index (Phi) is 6.55. The van der Waals surface area contributed by atoms with Crippen molar-refractivity contribution >= 4 is 41.1 Å². The first-order valence-corrected chi connectivity index (χ1v) is 8.15. The fourth-order valence-corrected chi connectivity index (χ4v) is 2.79. The van der Waals surface area contributed by atoms with Gasteiger partial charge in [0.1, 0.15) is 5.02 Å². The summed E-state index contributed by atoms with van der Waals surface area (Å²) < 4.78 is 0. The van der Waals surface area contributed by atoms with Gasteiger partial charge in [0.2, 0.25) is 0 Å². The second-order valence-electron chi connectivity index (χ2n) is 5.21. The molecule has 9 heteroatoms. The van der Waals surface area contributed by atoms with Crippen molar-refractivity contribution < 1.29 is 14.8 Å². The van der Waals surface area contributed by atoms with Crippen molar-refractivity contribution in [1.29, 1.82) is 0 Å². The van der Waals surface area contributed by atoms with Crippen LogP contribution in [-0.2, 0) is 4.79 Å². The van der Waals surface area contributed by atoms with Crippen LogP contribution >= 0.6 is 23.2 Å². The molecule has 0 bridgehead atoms. The van der Waals surface area contributed by atoms with E-state index in [-0.39, 0.29) is 10.7 Å². The number of hydrogen-bond donors (Lipinski definition) is 1. The summed E-state index contributed by atoms with van der Waals surface area (Å²) in [6.45, 7) is 0. The number of benzene rings is 1. The van der Waals surface area contributed by atoms with Crippen LogP contribution in [0.5, 0.6) is 0 Å². The number of nitrogens with zero attached hydrogens (tertiary/aromatic N) is 2. The number of nitrogens with one attached hydrogen (secondary N) is 1. The van der Waals surface area contributed by atoms with E-state index in [2.05, 4.69) is 9.98 Å². The van der Waals surface area contributed by atoms with Crippen molar-refractivity contribution in [2.45, 2.75) is 25.3 Å². The molecule has 1 aromatic carbocycles. The first kappa shape index (κ1) is 19.0. The van der Waals surface area contributed by atoms with Crippen molar-refractivity contribution in [3.05, 3.63) is 50.8 Å². The minimum absolute atomic E-state index is 0.0970. The van der Waals surface area contributed by atoms with Crippen molar-refractivity contribution in [3.63, 3.8) is 0 Å². The predicted octanol–water partition coefficient (Wildman–Crippen LogP) is 3.26. The predicted molar refractivity (Wildman–Crippen MR) is 94.0 cm³/mol. The molecule has 0 spiro atoms. The number of nitro benzene ring substituents is 1. The largest absolute Gasteiger partial charge is 0.548 e. The van der Waals surface area contributed by atoms with Crippen molar-refractivity contribution in [2.75, 3.05) is 0 Å². The summed E-state index contributed by atoms with van der Waals surface area (Å²) in [5, 5.41) is 21.6.